The minimum atomic E-state index is -0.913. The number of carboxylic acids is 1. The van der Waals surface area contributed by atoms with Crippen molar-refractivity contribution in [3.8, 4) is 0 Å². The lowest BCUT2D eigenvalue weighted by molar-refractivity contribution is -0.141. The molecule has 0 bridgehead atoms. The Kier molecular flexibility index (Phi) is 5.72. The molecule has 1 atom stereocenters. The van der Waals surface area contributed by atoms with Gasteiger partial charge >= 0.3 is 12.0 Å². The molecule has 2 amide bonds. The zero-order valence-corrected chi connectivity index (χ0v) is 14.8. The van der Waals surface area contributed by atoms with Crippen LogP contribution < -0.4 is 5.32 Å². The Balaban J connectivity index is 1.92. The van der Waals surface area contributed by atoms with Crippen LogP contribution in [0.15, 0.2) is 24.4 Å². The molecular formula is C17H22ClN3O3. The number of aliphatic carboxylic acids is 1. The van der Waals surface area contributed by atoms with E-state index in [0.717, 1.165) is 16.5 Å². The molecule has 7 heteroatoms. The molecule has 0 aliphatic rings. The summed E-state index contributed by atoms with van der Waals surface area (Å²) in [6.07, 6.45) is 2.72. The summed E-state index contributed by atoms with van der Waals surface area (Å²) in [6, 6.07) is 5.48. The van der Waals surface area contributed by atoms with E-state index < -0.39 is 11.9 Å². The summed E-state index contributed by atoms with van der Waals surface area (Å²) in [6.45, 7) is 2.23. The maximum Gasteiger partial charge on any atom is 0.317 e. The maximum absolute atomic E-state index is 12.0. The number of urea groups is 1. The van der Waals surface area contributed by atoms with Gasteiger partial charge in [0.2, 0.25) is 0 Å². The standard InChI is InChI=1S/C17H22ClN3O3/c1-11(16(22)23)9-21(3)17(24)19-7-6-12-10-20(2)15-8-13(18)4-5-14(12)15/h4-5,8,10-11H,6-7,9H2,1-3H3,(H,19,24)(H,22,23). The summed E-state index contributed by atoms with van der Waals surface area (Å²) in [5, 5.41) is 13.5. The second-order valence-corrected chi connectivity index (χ2v) is 6.46. The van der Waals surface area contributed by atoms with Crippen LogP contribution in [-0.2, 0) is 18.3 Å². The number of aryl methyl sites for hydroxylation is 1. The number of carbonyl (C=O) groups is 2. The number of halogens is 1. The van der Waals surface area contributed by atoms with Gasteiger partial charge in [-0.05, 0) is 24.1 Å². The highest BCUT2D eigenvalue weighted by molar-refractivity contribution is 6.31. The summed E-state index contributed by atoms with van der Waals surface area (Å²) in [5.74, 6) is -1.51. The number of fused-ring (bicyclic) bond motifs is 1. The van der Waals surface area contributed by atoms with Crippen LogP contribution in [0.3, 0.4) is 0 Å². The lowest BCUT2D eigenvalue weighted by Crippen LogP contribution is -2.41. The van der Waals surface area contributed by atoms with Gasteiger partial charge in [0.05, 0.1) is 5.92 Å². The molecule has 0 aliphatic carbocycles. The number of hydrogen-bond donors (Lipinski definition) is 2. The molecule has 6 nitrogen and oxygen atoms in total. The van der Waals surface area contributed by atoms with Crippen molar-refractivity contribution < 1.29 is 14.7 Å². The summed E-state index contributed by atoms with van der Waals surface area (Å²) in [5.41, 5.74) is 2.18. The molecule has 0 radical (unpaired) electrons. The van der Waals surface area contributed by atoms with E-state index in [2.05, 4.69) is 5.32 Å². The van der Waals surface area contributed by atoms with Gasteiger partial charge in [0.1, 0.15) is 0 Å². The van der Waals surface area contributed by atoms with Gasteiger partial charge in [0.25, 0.3) is 0 Å². The molecule has 0 aliphatic heterocycles. The molecule has 130 valence electrons. The molecule has 1 aromatic carbocycles. The van der Waals surface area contributed by atoms with E-state index in [1.807, 2.05) is 36.0 Å². The quantitative estimate of drug-likeness (QED) is 0.840. The molecular weight excluding hydrogens is 330 g/mol. The Hall–Kier alpha value is -2.21. The first-order valence-electron chi connectivity index (χ1n) is 7.74. The smallest absolute Gasteiger partial charge is 0.317 e. The lowest BCUT2D eigenvalue weighted by atomic mass is 10.1. The number of amides is 2. The fourth-order valence-electron chi connectivity index (χ4n) is 2.65. The summed E-state index contributed by atoms with van der Waals surface area (Å²) in [7, 11) is 3.55. The van der Waals surface area contributed by atoms with E-state index in [1.165, 1.54) is 4.90 Å². The van der Waals surface area contributed by atoms with Gasteiger partial charge in [0.15, 0.2) is 0 Å². The Labute approximate surface area is 146 Å². The van der Waals surface area contributed by atoms with Crippen LogP contribution in [0, 0.1) is 5.92 Å². The van der Waals surface area contributed by atoms with Gasteiger partial charge in [-0.25, -0.2) is 4.79 Å². The molecule has 2 N–H and O–H groups in total. The fourth-order valence-corrected chi connectivity index (χ4v) is 2.82. The average Bonchev–Trinajstić information content (AvgIpc) is 2.82. The molecule has 1 heterocycles. The highest BCUT2D eigenvalue weighted by Crippen LogP contribution is 2.24. The van der Waals surface area contributed by atoms with Crippen LogP contribution in [0.1, 0.15) is 12.5 Å². The van der Waals surface area contributed by atoms with Crippen molar-refractivity contribution in [3.63, 3.8) is 0 Å². The molecule has 1 unspecified atom stereocenters. The van der Waals surface area contributed by atoms with Gasteiger partial charge in [-0.3, -0.25) is 4.79 Å². The number of nitrogens with one attached hydrogen (secondary N) is 1. The Morgan fingerprint density at radius 1 is 1.42 bits per heavy atom. The van der Waals surface area contributed by atoms with Gasteiger partial charge in [-0.2, -0.15) is 0 Å². The third kappa shape index (κ3) is 4.20. The topological polar surface area (TPSA) is 74.6 Å². The molecule has 0 spiro atoms. The third-order valence-electron chi connectivity index (χ3n) is 4.02. The van der Waals surface area contributed by atoms with Crippen molar-refractivity contribution in [2.45, 2.75) is 13.3 Å². The normalized spacial score (nSPS) is 12.2. The lowest BCUT2D eigenvalue weighted by Gasteiger charge is -2.19. The van der Waals surface area contributed by atoms with Crippen molar-refractivity contribution in [3.05, 3.63) is 35.0 Å². The number of aromatic nitrogens is 1. The van der Waals surface area contributed by atoms with Gasteiger partial charge in [0, 0.05) is 49.3 Å². The van der Waals surface area contributed by atoms with E-state index in [0.29, 0.717) is 18.0 Å². The first-order valence-corrected chi connectivity index (χ1v) is 8.12. The van der Waals surface area contributed by atoms with E-state index in [9.17, 15) is 9.59 Å². The van der Waals surface area contributed by atoms with Crippen molar-refractivity contribution in [2.75, 3.05) is 20.1 Å². The van der Waals surface area contributed by atoms with Crippen LogP contribution in [-0.4, -0.2) is 46.7 Å². The predicted octanol–water partition coefficient (Wildman–Crippen LogP) is 2.74. The summed E-state index contributed by atoms with van der Waals surface area (Å²) >= 11 is 6.03. The van der Waals surface area contributed by atoms with Crippen LogP contribution >= 0.6 is 11.6 Å². The summed E-state index contributed by atoms with van der Waals surface area (Å²) < 4.78 is 2.01. The second kappa shape index (κ2) is 7.57. The highest BCUT2D eigenvalue weighted by atomic mass is 35.5. The fraction of sp³-hybridized carbons (Fsp3) is 0.412. The first-order chi connectivity index (χ1) is 11.3. The molecule has 0 saturated heterocycles. The van der Waals surface area contributed by atoms with Crippen molar-refractivity contribution in [2.24, 2.45) is 13.0 Å². The largest absolute Gasteiger partial charge is 0.481 e. The number of carbonyl (C=O) groups excluding carboxylic acids is 1. The average molecular weight is 352 g/mol. The highest BCUT2D eigenvalue weighted by Gasteiger charge is 2.17. The zero-order chi connectivity index (χ0) is 17.9. The van der Waals surface area contributed by atoms with Gasteiger partial charge in [-0.1, -0.05) is 24.6 Å². The van der Waals surface area contributed by atoms with E-state index >= 15 is 0 Å². The van der Waals surface area contributed by atoms with Crippen LogP contribution in [0.4, 0.5) is 4.79 Å². The van der Waals surface area contributed by atoms with E-state index in [1.54, 1.807) is 14.0 Å². The molecule has 2 aromatic rings. The van der Waals surface area contributed by atoms with E-state index in [4.69, 9.17) is 16.7 Å². The third-order valence-corrected chi connectivity index (χ3v) is 4.26. The maximum atomic E-state index is 12.0. The molecule has 0 fully saturated rings. The molecule has 24 heavy (non-hydrogen) atoms. The number of hydrogen-bond acceptors (Lipinski definition) is 2. The Bertz CT molecular complexity index is 757. The van der Waals surface area contributed by atoms with Crippen LogP contribution in [0.5, 0.6) is 0 Å². The minimum absolute atomic E-state index is 0.175. The predicted molar refractivity (Wildman–Crippen MR) is 94.5 cm³/mol. The Morgan fingerprint density at radius 2 is 2.12 bits per heavy atom. The molecule has 2 rings (SSSR count). The second-order valence-electron chi connectivity index (χ2n) is 6.03. The number of nitrogens with zero attached hydrogens (tertiary/aromatic N) is 2. The number of rotatable bonds is 6. The SMILES string of the molecule is CC(CN(C)C(=O)NCCc1cn(C)c2cc(Cl)ccc12)C(=O)O. The van der Waals surface area contributed by atoms with E-state index in [-0.39, 0.29) is 12.6 Å². The molecule has 1 aromatic heterocycles. The molecule has 0 saturated carbocycles. The number of carboxylic acid groups (broad SMARTS) is 1. The number of benzene rings is 1. The van der Waals surface area contributed by atoms with Crippen molar-refractivity contribution >= 4 is 34.5 Å². The van der Waals surface area contributed by atoms with Crippen LogP contribution in [0.25, 0.3) is 10.9 Å². The van der Waals surface area contributed by atoms with Crippen molar-refractivity contribution in [1.29, 1.82) is 0 Å². The van der Waals surface area contributed by atoms with Crippen LogP contribution in [0.2, 0.25) is 5.02 Å². The monoisotopic (exact) mass is 351 g/mol. The van der Waals surface area contributed by atoms with Gasteiger partial charge in [-0.15, -0.1) is 0 Å². The summed E-state index contributed by atoms with van der Waals surface area (Å²) in [4.78, 5) is 24.2. The van der Waals surface area contributed by atoms with Gasteiger partial charge < -0.3 is 19.9 Å². The first kappa shape index (κ1) is 18.1. The Morgan fingerprint density at radius 3 is 2.79 bits per heavy atom. The zero-order valence-electron chi connectivity index (χ0n) is 14.0. The minimum Gasteiger partial charge on any atom is -0.481 e. The van der Waals surface area contributed by atoms with Crippen molar-refractivity contribution in [1.82, 2.24) is 14.8 Å².